The fraction of sp³-hybridized carbons (Fsp3) is 0.583. The van der Waals surface area contributed by atoms with Crippen LogP contribution < -0.4 is 0 Å². The molecule has 0 amide bonds. The Morgan fingerprint density at radius 1 is 1.20 bits per heavy atom. The lowest BCUT2D eigenvalue weighted by Crippen LogP contribution is -2.49. The molecule has 1 fully saturated rings. The second-order valence-corrected chi connectivity index (χ2v) is 8.95. The zero-order valence-electron chi connectivity index (χ0n) is 18.4. The summed E-state index contributed by atoms with van der Waals surface area (Å²) in [6.45, 7) is 9.87. The number of aliphatic imine (C=N–C) groups is 1. The van der Waals surface area contributed by atoms with Gasteiger partial charge in [0.1, 0.15) is 11.7 Å². The van der Waals surface area contributed by atoms with Crippen LogP contribution in [0.25, 0.3) is 0 Å². The SMILES string of the molecule is CCN1CCN(C2=CC=CC3=NC(CN(C)[C@H]4CCCc5cccnc54)CN23)CC1. The lowest BCUT2D eigenvalue weighted by atomic mass is 9.91. The normalized spacial score (nSPS) is 26.5. The van der Waals surface area contributed by atoms with Gasteiger partial charge in [-0.2, -0.15) is 0 Å². The Hall–Kier alpha value is -2.18. The summed E-state index contributed by atoms with van der Waals surface area (Å²) < 4.78 is 0. The third-order valence-corrected chi connectivity index (χ3v) is 7.09. The van der Waals surface area contributed by atoms with Crippen molar-refractivity contribution in [3.8, 4) is 0 Å². The van der Waals surface area contributed by atoms with E-state index in [4.69, 9.17) is 9.98 Å². The molecule has 1 unspecified atom stereocenters. The molecule has 30 heavy (non-hydrogen) atoms. The third kappa shape index (κ3) is 3.79. The number of hydrogen-bond acceptors (Lipinski definition) is 6. The standard InChI is InChI=1S/C24H34N6/c1-3-28-13-15-29(16-14-28)23-11-5-10-22-26-20(18-30(22)23)17-27(2)21-9-4-7-19-8-6-12-25-24(19)21/h5-6,8,10-12,20-21H,3-4,7,9,13-18H2,1-2H3/t20?,21-/m0/s1. The molecule has 4 aliphatic rings. The molecule has 1 saturated heterocycles. The molecule has 0 N–H and O–H groups in total. The molecule has 4 heterocycles. The maximum Gasteiger partial charge on any atom is 0.129 e. The van der Waals surface area contributed by atoms with Crippen molar-refractivity contribution in [2.75, 3.05) is 52.9 Å². The number of aromatic nitrogens is 1. The Morgan fingerprint density at radius 3 is 2.90 bits per heavy atom. The first-order valence-electron chi connectivity index (χ1n) is 11.6. The van der Waals surface area contributed by atoms with E-state index in [2.05, 4.69) is 63.9 Å². The molecule has 3 aliphatic heterocycles. The number of hydrogen-bond donors (Lipinski definition) is 0. The molecular formula is C24H34N6. The van der Waals surface area contributed by atoms with Crippen LogP contribution in [0.15, 0.2) is 47.4 Å². The first-order valence-corrected chi connectivity index (χ1v) is 11.6. The summed E-state index contributed by atoms with van der Waals surface area (Å²) in [5.41, 5.74) is 2.71. The largest absolute Gasteiger partial charge is 0.355 e. The number of allylic oxidation sites excluding steroid dienone is 2. The van der Waals surface area contributed by atoms with E-state index in [9.17, 15) is 0 Å². The Labute approximate surface area is 180 Å². The number of aryl methyl sites for hydroxylation is 1. The van der Waals surface area contributed by atoms with Crippen LogP contribution in [0.5, 0.6) is 0 Å². The molecule has 0 saturated carbocycles. The number of pyridine rings is 1. The molecule has 0 radical (unpaired) electrons. The lowest BCUT2D eigenvalue weighted by Gasteiger charge is -2.40. The van der Waals surface area contributed by atoms with Gasteiger partial charge in [0, 0.05) is 45.5 Å². The van der Waals surface area contributed by atoms with Crippen LogP contribution in [0.1, 0.15) is 37.1 Å². The van der Waals surface area contributed by atoms with Gasteiger partial charge in [-0.1, -0.05) is 19.1 Å². The van der Waals surface area contributed by atoms with Gasteiger partial charge in [0.15, 0.2) is 0 Å². The van der Waals surface area contributed by atoms with E-state index in [0.717, 1.165) is 58.1 Å². The maximum absolute atomic E-state index is 5.09. The first-order chi connectivity index (χ1) is 14.7. The minimum Gasteiger partial charge on any atom is -0.355 e. The van der Waals surface area contributed by atoms with E-state index in [1.807, 2.05) is 6.20 Å². The van der Waals surface area contributed by atoms with Crippen molar-refractivity contribution in [1.82, 2.24) is 24.6 Å². The van der Waals surface area contributed by atoms with Gasteiger partial charge in [-0.25, -0.2) is 0 Å². The quantitative estimate of drug-likeness (QED) is 0.751. The molecular weight excluding hydrogens is 372 g/mol. The van der Waals surface area contributed by atoms with Crippen molar-refractivity contribution in [3.63, 3.8) is 0 Å². The van der Waals surface area contributed by atoms with Crippen LogP contribution in [0.4, 0.5) is 0 Å². The summed E-state index contributed by atoms with van der Waals surface area (Å²) in [4.78, 5) is 19.8. The van der Waals surface area contributed by atoms with Gasteiger partial charge in [0.25, 0.3) is 0 Å². The van der Waals surface area contributed by atoms with E-state index < -0.39 is 0 Å². The van der Waals surface area contributed by atoms with Gasteiger partial charge in [-0.05, 0) is 56.6 Å². The number of likely N-dealkylation sites (N-methyl/N-ethyl adjacent to an activating group) is 2. The van der Waals surface area contributed by atoms with Crippen molar-refractivity contribution in [1.29, 1.82) is 0 Å². The fourth-order valence-electron chi connectivity index (χ4n) is 5.40. The second kappa shape index (κ2) is 8.52. The summed E-state index contributed by atoms with van der Waals surface area (Å²) in [6, 6.07) is 5.05. The van der Waals surface area contributed by atoms with Gasteiger partial charge in [0.05, 0.1) is 17.8 Å². The monoisotopic (exact) mass is 406 g/mol. The fourth-order valence-corrected chi connectivity index (χ4v) is 5.40. The molecule has 5 rings (SSSR count). The van der Waals surface area contributed by atoms with E-state index in [1.165, 1.54) is 29.9 Å². The Bertz CT molecular complexity index is 851. The Balaban J connectivity index is 1.24. The van der Waals surface area contributed by atoms with Crippen LogP contribution in [0.3, 0.4) is 0 Å². The van der Waals surface area contributed by atoms with E-state index in [1.54, 1.807) is 0 Å². The van der Waals surface area contributed by atoms with Gasteiger partial charge in [0.2, 0.25) is 0 Å². The molecule has 1 aromatic rings. The molecule has 2 atom stereocenters. The van der Waals surface area contributed by atoms with Crippen molar-refractivity contribution < 1.29 is 0 Å². The average molecular weight is 407 g/mol. The predicted molar refractivity (Wildman–Crippen MR) is 121 cm³/mol. The molecule has 6 nitrogen and oxygen atoms in total. The number of rotatable bonds is 5. The molecule has 0 aromatic carbocycles. The summed E-state index contributed by atoms with van der Waals surface area (Å²) in [5.74, 6) is 2.47. The molecule has 0 bridgehead atoms. The first kappa shape index (κ1) is 19.8. The molecule has 6 heteroatoms. The Kier molecular flexibility index (Phi) is 5.61. The second-order valence-electron chi connectivity index (χ2n) is 8.95. The summed E-state index contributed by atoms with van der Waals surface area (Å²) in [5, 5.41) is 0. The molecule has 1 aromatic heterocycles. The highest BCUT2D eigenvalue weighted by Gasteiger charge is 2.33. The number of nitrogens with zero attached hydrogens (tertiary/aromatic N) is 6. The highest BCUT2D eigenvalue weighted by molar-refractivity contribution is 5.96. The van der Waals surface area contributed by atoms with Crippen LogP contribution in [0.2, 0.25) is 0 Å². The number of amidine groups is 1. The van der Waals surface area contributed by atoms with Crippen molar-refractivity contribution in [2.24, 2.45) is 4.99 Å². The van der Waals surface area contributed by atoms with Crippen LogP contribution in [0, 0.1) is 0 Å². The minimum atomic E-state index is 0.308. The zero-order valence-corrected chi connectivity index (χ0v) is 18.4. The molecule has 160 valence electrons. The molecule has 0 spiro atoms. The zero-order chi connectivity index (χ0) is 20.5. The van der Waals surface area contributed by atoms with Crippen molar-refractivity contribution in [3.05, 3.63) is 53.6 Å². The van der Waals surface area contributed by atoms with Crippen molar-refractivity contribution >= 4 is 5.84 Å². The summed E-state index contributed by atoms with van der Waals surface area (Å²) in [6.07, 6.45) is 12.2. The van der Waals surface area contributed by atoms with Gasteiger partial charge >= 0.3 is 0 Å². The molecule has 1 aliphatic carbocycles. The van der Waals surface area contributed by atoms with E-state index in [-0.39, 0.29) is 0 Å². The van der Waals surface area contributed by atoms with Crippen LogP contribution in [-0.4, -0.2) is 89.3 Å². The van der Waals surface area contributed by atoms with Gasteiger partial charge < -0.3 is 14.7 Å². The van der Waals surface area contributed by atoms with Gasteiger partial charge in [-0.3, -0.25) is 14.9 Å². The van der Waals surface area contributed by atoms with Crippen LogP contribution >= 0.6 is 0 Å². The topological polar surface area (TPSA) is 38.2 Å². The predicted octanol–water partition coefficient (Wildman–Crippen LogP) is 2.52. The lowest BCUT2D eigenvalue weighted by molar-refractivity contribution is 0.141. The van der Waals surface area contributed by atoms with Crippen molar-refractivity contribution in [2.45, 2.75) is 38.3 Å². The third-order valence-electron chi connectivity index (χ3n) is 7.09. The number of fused-ring (bicyclic) bond motifs is 2. The average Bonchev–Trinajstić information content (AvgIpc) is 3.21. The summed E-state index contributed by atoms with van der Waals surface area (Å²) in [7, 11) is 2.25. The maximum atomic E-state index is 5.09. The summed E-state index contributed by atoms with van der Waals surface area (Å²) >= 11 is 0. The van der Waals surface area contributed by atoms with E-state index >= 15 is 0 Å². The smallest absolute Gasteiger partial charge is 0.129 e. The minimum absolute atomic E-state index is 0.308. The van der Waals surface area contributed by atoms with Crippen LogP contribution in [-0.2, 0) is 6.42 Å². The Morgan fingerprint density at radius 2 is 2.07 bits per heavy atom. The highest BCUT2D eigenvalue weighted by Crippen LogP contribution is 2.33. The highest BCUT2D eigenvalue weighted by atomic mass is 15.4. The van der Waals surface area contributed by atoms with E-state index in [0.29, 0.717) is 12.1 Å². The van der Waals surface area contributed by atoms with Gasteiger partial charge in [-0.15, -0.1) is 0 Å². The number of piperazine rings is 1.